The number of hydrogen-bond acceptors (Lipinski definition) is 3. The summed E-state index contributed by atoms with van der Waals surface area (Å²) in [4.78, 5) is 16.8. The summed E-state index contributed by atoms with van der Waals surface area (Å²) in [6, 6.07) is 13.9. The number of ether oxygens (including phenoxy) is 1. The lowest BCUT2D eigenvalue weighted by Crippen LogP contribution is -2.58. The van der Waals surface area contributed by atoms with Crippen molar-refractivity contribution in [3.8, 4) is 5.75 Å². The van der Waals surface area contributed by atoms with Crippen LogP contribution in [0.1, 0.15) is 19.4 Å². The number of rotatable bonds is 5. The van der Waals surface area contributed by atoms with Crippen LogP contribution in [0.4, 0.5) is 4.39 Å². The maximum absolute atomic E-state index is 13.1. The molecule has 2 aromatic carbocycles. The third-order valence-electron chi connectivity index (χ3n) is 4.89. The van der Waals surface area contributed by atoms with Crippen LogP contribution < -0.4 is 4.74 Å². The Labute approximate surface area is 164 Å². The van der Waals surface area contributed by atoms with Gasteiger partial charge in [0, 0.05) is 36.7 Å². The van der Waals surface area contributed by atoms with Crippen molar-refractivity contribution in [2.75, 3.05) is 19.7 Å². The zero-order valence-electron chi connectivity index (χ0n) is 15.6. The van der Waals surface area contributed by atoms with Crippen LogP contribution in [0, 0.1) is 5.82 Å². The number of hydrogen-bond donors (Lipinski definition) is 0. The number of carbonyl (C=O) groups is 1. The van der Waals surface area contributed by atoms with Gasteiger partial charge in [-0.1, -0.05) is 29.8 Å². The monoisotopic (exact) mass is 390 g/mol. The van der Waals surface area contributed by atoms with Crippen molar-refractivity contribution >= 4 is 17.5 Å². The molecule has 3 rings (SSSR count). The quantitative estimate of drug-likeness (QED) is 0.774. The number of carbonyl (C=O) groups excluding carboxylic acids is 1. The molecule has 1 aliphatic rings. The molecule has 1 fully saturated rings. The summed E-state index contributed by atoms with van der Waals surface area (Å²) in [6.45, 7) is 6.29. The number of piperazine rings is 1. The Hall–Kier alpha value is -2.11. The molecule has 2 unspecified atom stereocenters. The van der Waals surface area contributed by atoms with E-state index in [0.717, 1.165) is 18.7 Å². The average molecular weight is 391 g/mol. The Balaban J connectivity index is 1.55. The van der Waals surface area contributed by atoms with Gasteiger partial charge in [0.15, 0.2) is 6.61 Å². The van der Waals surface area contributed by atoms with Gasteiger partial charge in [-0.05, 0) is 49.7 Å². The van der Waals surface area contributed by atoms with Gasteiger partial charge in [-0.2, -0.15) is 0 Å². The summed E-state index contributed by atoms with van der Waals surface area (Å²) in [5.41, 5.74) is 1.07. The maximum atomic E-state index is 13.1. The molecule has 0 aliphatic carbocycles. The van der Waals surface area contributed by atoms with E-state index < -0.39 is 0 Å². The van der Waals surface area contributed by atoms with Crippen LogP contribution in [0.2, 0.25) is 5.02 Å². The Morgan fingerprint density at radius 3 is 2.59 bits per heavy atom. The van der Waals surface area contributed by atoms with E-state index in [0.29, 0.717) is 17.3 Å². The first kappa shape index (κ1) is 19.6. The molecule has 2 aromatic rings. The van der Waals surface area contributed by atoms with Crippen LogP contribution in [-0.4, -0.2) is 47.5 Å². The molecule has 144 valence electrons. The lowest BCUT2D eigenvalue weighted by atomic mass is 10.1. The average Bonchev–Trinajstić information content (AvgIpc) is 2.64. The second-order valence-electron chi connectivity index (χ2n) is 7.05. The van der Waals surface area contributed by atoms with Gasteiger partial charge in [-0.3, -0.25) is 9.69 Å². The van der Waals surface area contributed by atoms with Gasteiger partial charge in [0.1, 0.15) is 11.6 Å². The van der Waals surface area contributed by atoms with Gasteiger partial charge in [-0.15, -0.1) is 0 Å². The summed E-state index contributed by atoms with van der Waals surface area (Å²) in [5.74, 6) is 0.331. The highest BCUT2D eigenvalue weighted by molar-refractivity contribution is 6.30. The Morgan fingerprint density at radius 1 is 1.15 bits per heavy atom. The highest BCUT2D eigenvalue weighted by atomic mass is 35.5. The normalized spacial score (nSPS) is 20.5. The predicted molar refractivity (Wildman–Crippen MR) is 104 cm³/mol. The third kappa shape index (κ3) is 5.21. The molecular formula is C21H24ClFN2O2. The second-order valence-corrected chi connectivity index (χ2v) is 7.48. The van der Waals surface area contributed by atoms with Gasteiger partial charge < -0.3 is 9.64 Å². The molecule has 27 heavy (non-hydrogen) atoms. The van der Waals surface area contributed by atoms with Crippen molar-refractivity contribution in [1.82, 2.24) is 9.80 Å². The number of amides is 1. The molecule has 1 heterocycles. The lowest BCUT2D eigenvalue weighted by Gasteiger charge is -2.44. The zero-order valence-corrected chi connectivity index (χ0v) is 16.3. The van der Waals surface area contributed by atoms with E-state index in [2.05, 4.69) is 11.8 Å². The van der Waals surface area contributed by atoms with Gasteiger partial charge in [-0.25, -0.2) is 4.39 Å². The van der Waals surface area contributed by atoms with Crippen molar-refractivity contribution < 1.29 is 13.9 Å². The second kappa shape index (κ2) is 8.72. The molecule has 1 saturated heterocycles. The van der Waals surface area contributed by atoms with E-state index in [1.165, 1.54) is 12.1 Å². The predicted octanol–water partition coefficient (Wildman–Crippen LogP) is 3.98. The van der Waals surface area contributed by atoms with Crippen LogP contribution in [-0.2, 0) is 11.3 Å². The molecule has 0 radical (unpaired) electrons. The summed E-state index contributed by atoms with van der Waals surface area (Å²) in [6.07, 6.45) is 0. The first-order chi connectivity index (χ1) is 12.9. The molecule has 4 nitrogen and oxygen atoms in total. The molecule has 6 heteroatoms. The summed E-state index contributed by atoms with van der Waals surface area (Å²) in [5, 5.41) is 0.580. The summed E-state index contributed by atoms with van der Waals surface area (Å²) < 4.78 is 18.7. The SMILES string of the molecule is CC1CN(C(=O)COc2cccc(Cl)c2)C(C)CN1Cc1ccc(F)cc1. The van der Waals surface area contributed by atoms with Gasteiger partial charge >= 0.3 is 0 Å². The molecule has 0 spiro atoms. The smallest absolute Gasteiger partial charge is 0.260 e. The minimum absolute atomic E-state index is 0.00460. The lowest BCUT2D eigenvalue weighted by molar-refractivity contribution is -0.139. The van der Waals surface area contributed by atoms with Crippen LogP contribution in [0.5, 0.6) is 5.75 Å². The van der Waals surface area contributed by atoms with Crippen molar-refractivity contribution in [2.24, 2.45) is 0 Å². The molecule has 0 bridgehead atoms. The number of benzene rings is 2. The summed E-state index contributed by atoms with van der Waals surface area (Å²) in [7, 11) is 0. The van der Waals surface area contributed by atoms with Crippen molar-refractivity contribution in [1.29, 1.82) is 0 Å². The fourth-order valence-corrected chi connectivity index (χ4v) is 3.56. The highest BCUT2D eigenvalue weighted by Gasteiger charge is 2.32. The molecule has 0 aromatic heterocycles. The molecule has 2 atom stereocenters. The minimum atomic E-state index is -0.227. The van der Waals surface area contributed by atoms with Crippen molar-refractivity contribution in [2.45, 2.75) is 32.5 Å². The van der Waals surface area contributed by atoms with E-state index in [1.807, 2.05) is 24.0 Å². The largest absolute Gasteiger partial charge is 0.484 e. The number of halogens is 2. The third-order valence-corrected chi connectivity index (χ3v) is 5.13. The Kier molecular flexibility index (Phi) is 6.34. The van der Waals surface area contributed by atoms with E-state index in [-0.39, 0.29) is 30.4 Å². The van der Waals surface area contributed by atoms with Crippen LogP contribution in [0.25, 0.3) is 0 Å². The fourth-order valence-electron chi connectivity index (χ4n) is 3.38. The van der Waals surface area contributed by atoms with Crippen LogP contribution >= 0.6 is 11.6 Å². The van der Waals surface area contributed by atoms with E-state index in [9.17, 15) is 9.18 Å². The first-order valence-corrected chi connectivity index (χ1v) is 9.46. The van der Waals surface area contributed by atoms with Crippen LogP contribution in [0.3, 0.4) is 0 Å². The number of nitrogens with zero attached hydrogens (tertiary/aromatic N) is 2. The highest BCUT2D eigenvalue weighted by Crippen LogP contribution is 2.20. The van der Waals surface area contributed by atoms with E-state index in [1.54, 1.807) is 24.3 Å². The van der Waals surface area contributed by atoms with E-state index >= 15 is 0 Å². The zero-order chi connectivity index (χ0) is 19.4. The van der Waals surface area contributed by atoms with E-state index in [4.69, 9.17) is 16.3 Å². The standard InChI is InChI=1S/C21H24ClFN2O2/c1-15-12-25(21(26)14-27-20-5-3-4-18(22)10-20)16(2)11-24(15)13-17-6-8-19(23)9-7-17/h3-10,15-16H,11-14H2,1-2H3. The minimum Gasteiger partial charge on any atom is -0.484 e. The molecule has 1 aliphatic heterocycles. The van der Waals surface area contributed by atoms with Crippen molar-refractivity contribution in [3.63, 3.8) is 0 Å². The molecule has 0 N–H and O–H groups in total. The van der Waals surface area contributed by atoms with Crippen LogP contribution in [0.15, 0.2) is 48.5 Å². The topological polar surface area (TPSA) is 32.8 Å². The molecular weight excluding hydrogens is 367 g/mol. The fraction of sp³-hybridized carbons (Fsp3) is 0.381. The van der Waals surface area contributed by atoms with Gasteiger partial charge in [0.2, 0.25) is 0 Å². The van der Waals surface area contributed by atoms with Crippen molar-refractivity contribution in [3.05, 3.63) is 64.9 Å². The Morgan fingerprint density at radius 2 is 1.89 bits per heavy atom. The summed E-state index contributed by atoms with van der Waals surface area (Å²) >= 11 is 5.94. The maximum Gasteiger partial charge on any atom is 0.260 e. The first-order valence-electron chi connectivity index (χ1n) is 9.08. The van der Waals surface area contributed by atoms with Gasteiger partial charge in [0.05, 0.1) is 0 Å². The Bertz CT molecular complexity index is 784. The molecule has 0 saturated carbocycles. The van der Waals surface area contributed by atoms with Gasteiger partial charge in [0.25, 0.3) is 5.91 Å². The molecule has 1 amide bonds.